The van der Waals surface area contributed by atoms with Gasteiger partial charge in [0.2, 0.25) is 0 Å². The average molecular weight is 243 g/mol. The Hall–Kier alpha value is -2.74. The maximum absolute atomic E-state index is 11.7. The predicted molar refractivity (Wildman–Crippen MR) is 68.6 cm³/mol. The van der Waals surface area contributed by atoms with Crippen molar-refractivity contribution in [2.45, 2.75) is 0 Å². The summed E-state index contributed by atoms with van der Waals surface area (Å²) in [5.74, 6) is -0.500. The molecule has 0 radical (unpaired) electrons. The number of aromatic hydroxyl groups is 1. The lowest BCUT2D eigenvalue weighted by atomic mass is 10.2. The van der Waals surface area contributed by atoms with Crippen LogP contribution in [0.5, 0.6) is 5.75 Å². The molecule has 0 atom stereocenters. The number of nitrogens with zero attached hydrogens (tertiary/aromatic N) is 1. The fourth-order valence-corrected chi connectivity index (χ4v) is 1.18. The first-order valence-electron chi connectivity index (χ1n) is 5.22. The highest BCUT2D eigenvalue weighted by molar-refractivity contribution is 6.06. The molecule has 18 heavy (non-hydrogen) atoms. The quantitative estimate of drug-likeness (QED) is 0.317. The monoisotopic (exact) mass is 243 g/mol. The van der Waals surface area contributed by atoms with Gasteiger partial charge in [-0.25, -0.2) is 0 Å². The summed E-state index contributed by atoms with van der Waals surface area (Å²) in [7, 11) is 0. The van der Waals surface area contributed by atoms with E-state index in [-0.39, 0.29) is 11.3 Å². The van der Waals surface area contributed by atoms with Crippen LogP contribution in [0.3, 0.4) is 0 Å². The van der Waals surface area contributed by atoms with E-state index in [1.165, 1.54) is 18.3 Å². The molecule has 0 saturated carbocycles. The molecule has 92 valence electrons. The number of hydrogen-bond acceptors (Lipinski definition) is 4. The first-order chi connectivity index (χ1) is 8.67. The third kappa shape index (κ3) is 4.02. The molecule has 1 amide bonds. The Bertz CT molecular complexity index is 515. The number of hydrogen-bond donors (Lipinski definition) is 3. The van der Waals surface area contributed by atoms with Gasteiger partial charge in [0.1, 0.15) is 17.4 Å². The molecule has 0 bridgehead atoms. The van der Waals surface area contributed by atoms with Crippen molar-refractivity contribution in [3.63, 3.8) is 0 Å². The van der Waals surface area contributed by atoms with Crippen LogP contribution in [0.4, 0.5) is 5.69 Å². The van der Waals surface area contributed by atoms with E-state index in [2.05, 4.69) is 17.2 Å². The van der Waals surface area contributed by atoms with Crippen LogP contribution >= 0.6 is 0 Å². The van der Waals surface area contributed by atoms with Crippen molar-refractivity contribution in [2.24, 2.45) is 0 Å². The second-order valence-electron chi connectivity index (χ2n) is 3.37. The van der Waals surface area contributed by atoms with Gasteiger partial charge in [-0.05, 0) is 12.1 Å². The summed E-state index contributed by atoms with van der Waals surface area (Å²) in [5.41, 5.74) is 0.366. The predicted octanol–water partition coefficient (Wildman–Crippen LogP) is 1.51. The van der Waals surface area contributed by atoms with Gasteiger partial charge in [-0.15, -0.1) is 6.58 Å². The standard InChI is InChI=1S/C13H13N3O2/c1-2-6-15-9-10(8-14)13(18)16-11-4-3-5-12(17)7-11/h2-5,7,9,15,17H,1,6H2,(H,16,18)/b10-9-. The maximum atomic E-state index is 11.7. The normalized spacial score (nSPS) is 10.3. The molecular formula is C13H13N3O2. The van der Waals surface area contributed by atoms with Crippen LogP contribution in [0.15, 0.2) is 48.7 Å². The molecule has 0 aliphatic rings. The Kier molecular flexibility index (Phi) is 5.00. The van der Waals surface area contributed by atoms with E-state index in [1.54, 1.807) is 24.3 Å². The van der Waals surface area contributed by atoms with Gasteiger partial charge in [0.25, 0.3) is 5.91 Å². The van der Waals surface area contributed by atoms with E-state index in [0.717, 1.165) is 0 Å². The molecule has 0 spiro atoms. The van der Waals surface area contributed by atoms with E-state index in [9.17, 15) is 9.90 Å². The number of carbonyl (C=O) groups excluding carboxylic acids is 1. The van der Waals surface area contributed by atoms with E-state index >= 15 is 0 Å². The smallest absolute Gasteiger partial charge is 0.267 e. The van der Waals surface area contributed by atoms with E-state index in [0.29, 0.717) is 12.2 Å². The number of amides is 1. The molecule has 0 aliphatic carbocycles. The second-order valence-corrected chi connectivity index (χ2v) is 3.37. The molecule has 0 heterocycles. The third-order valence-electron chi connectivity index (χ3n) is 1.98. The number of rotatable bonds is 5. The number of benzene rings is 1. The van der Waals surface area contributed by atoms with Crippen LogP contribution in [0.1, 0.15) is 0 Å². The summed E-state index contributed by atoms with van der Waals surface area (Å²) in [6.07, 6.45) is 2.93. The van der Waals surface area contributed by atoms with E-state index < -0.39 is 5.91 Å². The molecule has 5 heteroatoms. The highest BCUT2D eigenvalue weighted by Crippen LogP contribution is 2.15. The first kappa shape index (κ1) is 13.3. The summed E-state index contributed by atoms with van der Waals surface area (Å²) < 4.78 is 0. The zero-order valence-electron chi connectivity index (χ0n) is 9.68. The van der Waals surface area contributed by atoms with Gasteiger partial charge in [-0.2, -0.15) is 5.26 Å². The Labute approximate surface area is 105 Å². The number of nitriles is 1. The Balaban J connectivity index is 2.72. The number of phenolic OH excluding ortho intramolecular Hbond substituents is 1. The van der Waals surface area contributed by atoms with Crippen molar-refractivity contribution in [1.82, 2.24) is 5.32 Å². The second kappa shape index (κ2) is 6.76. The molecule has 0 aromatic heterocycles. The summed E-state index contributed by atoms with van der Waals surface area (Å²) in [5, 5.41) is 23.3. The number of nitrogens with one attached hydrogen (secondary N) is 2. The molecule has 5 nitrogen and oxygen atoms in total. The van der Waals surface area contributed by atoms with Crippen molar-refractivity contribution < 1.29 is 9.90 Å². The molecule has 1 aromatic rings. The maximum Gasteiger partial charge on any atom is 0.267 e. The van der Waals surface area contributed by atoms with Crippen molar-refractivity contribution in [2.75, 3.05) is 11.9 Å². The van der Waals surface area contributed by atoms with Gasteiger partial charge >= 0.3 is 0 Å². The molecule has 0 unspecified atom stereocenters. The molecule has 1 rings (SSSR count). The minimum absolute atomic E-state index is 0.0417. The van der Waals surface area contributed by atoms with Crippen LogP contribution in [0, 0.1) is 11.3 Å². The van der Waals surface area contributed by atoms with Crippen LogP contribution in [-0.4, -0.2) is 17.6 Å². The Morgan fingerprint density at radius 1 is 1.56 bits per heavy atom. The number of carbonyl (C=O) groups is 1. The van der Waals surface area contributed by atoms with Crippen molar-refractivity contribution >= 4 is 11.6 Å². The summed E-state index contributed by atoms with van der Waals surface area (Å²) in [6, 6.07) is 7.88. The number of anilines is 1. The van der Waals surface area contributed by atoms with Crippen LogP contribution < -0.4 is 10.6 Å². The van der Waals surface area contributed by atoms with Crippen LogP contribution in [0.2, 0.25) is 0 Å². The topological polar surface area (TPSA) is 85.2 Å². The van der Waals surface area contributed by atoms with E-state index in [4.69, 9.17) is 5.26 Å². The van der Waals surface area contributed by atoms with Crippen molar-refractivity contribution in [3.05, 3.63) is 48.7 Å². The molecule has 1 aromatic carbocycles. The van der Waals surface area contributed by atoms with Gasteiger partial charge < -0.3 is 15.7 Å². The fourth-order valence-electron chi connectivity index (χ4n) is 1.18. The highest BCUT2D eigenvalue weighted by atomic mass is 16.3. The Morgan fingerprint density at radius 3 is 2.94 bits per heavy atom. The summed E-state index contributed by atoms with van der Waals surface area (Å²) in [6.45, 7) is 3.97. The largest absolute Gasteiger partial charge is 0.508 e. The molecule has 0 saturated heterocycles. The lowest BCUT2D eigenvalue weighted by Gasteiger charge is -2.04. The minimum atomic E-state index is -0.542. The summed E-state index contributed by atoms with van der Waals surface area (Å²) >= 11 is 0. The summed E-state index contributed by atoms with van der Waals surface area (Å²) in [4.78, 5) is 11.7. The van der Waals surface area contributed by atoms with Gasteiger partial charge in [0.15, 0.2) is 0 Å². The van der Waals surface area contributed by atoms with Crippen molar-refractivity contribution in [1.29, 1.82) is 5.26 Å². The Morgan fingerprint density at radius 2 is 2.33 bits per heavy atom. The van der Waals surface area contributed by atoms with Crippen LogP contribution in [-0.2, 0) is 4.79 Å². The molecular weight excluding hydrogens is 230 g/mol. The lowest BCUT2D eigenvalue weighted by molar-refractivity contribution is -0.112. The fraction of sp³-hybridized carbons (Fsp3) is 0.0769. The van der Waals surface area contributed by atoms with Gasteiger partial charge in [-0.3, -0.25) is 4.79 Å². The third-order valence-corrected chi connectivity index (χ3v) is 1.98. The SMILES string of the molecule is C=CCN/C=C(/C#N)C(=O)Nc1cccc(O)c1. The zero-order valence-corrected chi connectivity index (χ0v) is 9.68. The van der Waals surface area contributed by atoms with Gasteiger partial charge in [0.05, 0.1) is 0 Å². The highest BCUT2D eigenvalue weighted by Gasteiger charge is 2.08. The zero-order chi connectivity index (χ0) is 13.4. The van der Waals surface area contributed by atoms with Gasteiger partial charge in [-0.1, -0.05) is 12.1 Å². The van der Waals surface area contributed by atoms with Gasteiger partial charge in [0, 0.05) is 24.5 Å². The molecule has 0 fully saturated rings. The minimum Gasteiger partial charge on any atom is -0.508 e. The average Bonchev–Trinajstić information content (AvgIpc) is 2.34. The van der Waals surface area contributed by atoms with Crippen molar-refractivity contribution in [3.8, 4) is 11.8 Å². The van der Waals surface area contributed by atoms with E-state index in [1.807, 2.05) is 0 Å². The molecule has 3 N–H and O–H groups in total. The lowest BCUT2D eigenvalue weighted by Crippen LogP contribution is -2.16. The number of phenols is 1. The first-order valence-corrected chi connectivity index (χ1v) is 5.22. The molecule has 0 aliphatic heterocycles. The van der Waals surface area contributed by atoms with Crippen LogP contribution in [0.25, 0.3) is 0 Å².